The highest BCUT2D eigenvalue weighted by Crippen LogP contribution is 2.15. The van der Waals surface area contributed by atoms with Crippen LogP contribution >= 0.6 is 0 Å². The molecule has 0 fully saturated rings. The molecule has 1 aromatic heterocycles. The van der Waals surface area contributed by atoms with Gasteiger partial charge in [0.25, 0.3) is 5.91 Å². The largest absolute Gasteiger partial charge is 0.373 e. The molecule has 0 spiro atoms. The molecule has 0 radical (unpaired) electrons. The number of rotatable bonds is 3. The van der Waals surface area contributed by atoms with E-state index in [9.17, 15) is 4.79 Å². The standard InChI is InChI=1S/C15H17N3O/c1-10-6-11(2)8-13(7-10)18-15(19)12-4-5-14(16-3)17-9-12/h4-9H,1-3H3,(H,16,17)(H,18,19). The molecule has 0 bridgehead atoms. The molecular weight excluding hydrogens is 238 g/mol. The Morgan fingerprint density at radius 2 is 1.79 bits per heavy atom. The van der Waals surface area contributed by atoms with Crippen LogP contribution in [0.4, 0.5) is 11.5 Å². The fraction of sp³-hybridized carbons (Fsp3) is 0.200. The number of carbonyl (C=O) groups is 1. The summed E-state index contributed by atoms with van der Waals surface area (Å²) >= 11 is 0. The molecule has 2 aromatic rings. The number of anilines is 2. The van der Waals surface area contributed by atoms with E-state index in [1.807, 2.05) is 26.0 Å². The first-order chi connectivity index (χ1) is 9.08. The van der Waals surface area contributed by atoms with E-state index < -0.39 is 0 Å². The first kappa shape index (κ1) is 13.1. The number of nitrogens with zero attached hydrogens (tertiary/aromatic N) is 1. The molecule has 0 aliphatic heterocycles. The van der Waals surface area contributed by atoms with Crippen LogP contribution in [0.25, 0.3) is 0 Å². The normalized spacial score (nSPS) is 10.1. The highest BCUT2D eigenvalue weighted by atomic mass is 16.1. The number of aromatic nitrogens is 1. The Kier molecular flexibility index (Phi) is 3.80. The van der Waals surface area contributed by atoms with Gasteiger partial charge < -0.3 is 10.6 Å². The number of benzene rings is 1. The van der Waals surface area contributed by atoms with Crippen molar-refractivity contribution in [3.63, 3.8) is 0 Å². The van der Waals surface area contributed by atoms with Crippen molar-refractivity contribution < 1.29 is 4.79 Å². The van der Waals surface area contributed by atoms with Gasteiger partial charge in [-0.3, -0.25) is 4.79 Å². The Morgan fingerprint density at radius 1 is 1.11 bits per heavy atom. The smallest absolute Gasteiger partial charge is 0.257 e. The maximum absolute atomic E-state index is 12.1. The summed E-state index contributed by atoms with van der Waals surface area (Å²) in [5.74, 6) is 0.586. The minimum absolute atomic E-state index is 0.153. The Labute approximate surface area is 112 Å². The van der Waals surface area contributed by atoms with Crippen LogP contribution in [0.5, 0.6) is 0 Å². The molecule has 98 valence electrons. The SMILES string of the molecule is CNc1ccc(C(=O)Nc2cc(C)cc(C)c2)cn1. The van der Waals surface area contributed by atoms with Crippen molar-refractivity contribution in [2.75, 3.05) is 17.7 Å². The Bertz CT molecular complexity index is 571. The van der Waals surface area contributed by atoms with Crippen LogP contribution in [0.2, 0.25) is 0 Å². The van der Waals surface area contributed by atoms with E-state index in [1.54, 1.807) is 25.4 Å². The van der Waals surface area contributed by atoms with E-state index in [4.69, 9.17) is 0 Å². The fourth-order valence-corrected chi connectivity index (χ4v) is 1.93. The molecule has 4 heteroatoms. The van der Waals surface area contributed by atoms with Crippen molar-refractivity contribution >= 4 is 17.4 Å². The molecule has 0 atom stereocenters. The van der Waals surface area contributed by atoms with Gasteiger partial charge >= 0.3 is 0 Å². The Balaban J connectivity index is 2.15. The maximum Gasteiger partial charge on any atom is 0.257 e. The zero-order valence-corrected chi connectivity index (χ0v) is 11.3. The van der Waals surface area contributed by atoms with Crippen LogP contribution in [-0.4, -0.2) is 17.9 Å². The van der Waals surface area contributed by atoms with Gasteiger partial charge in [-0.05, 0) is 49.2 Å². The molecular formula is C15H17N3O. The first-order valence-corrected chi connectivity index (χ1v) is 6.12. The van der Waals surface area contributed by atoms with Gasteiger partial charge in [0.15, 0.2) is 0 Å². The summed E-state index contributed by atoms with van der Waals surface area (Å²) in [7, 11) is 1.79. The Hall–Kier alpha value is -2.36. The fourth-order valence-electron chi connectivity index (χ4n) is 1.93. The summed E-state index contributed by atoms with van der Waals surface area (Å²) in [6.07, 6.45) is 1.56. The molecule has 2 N–H and O–H groups in total. The molecule has 0 aliphatic carbocycles. The van der Waals surface area contributed by atoms with Crippen LogP contribution in [0.1, 0.15) is 21.5 Å². The van der Waals surface area contributed by atoms with Crippen LogP contribution in [0.3, 0.4) is 0 Å². The van der Waals surface area contributed by atoms with E-state index in [1.165, 1.54) is 0 Å². The molecule has 2 rings (SSSR count). The van der Waals surface area contributed by atoms with Gasteiger partial charge in [0.05, 0.1) is 5.56 Å². The Morgan fingerprint density at radius 3 is 2.32 bits per heavy atom. The van der Waals surface area contributed by atoms with Gasteiger partial charge in [0, 0.05) is 18.9 Å². The topological polar surface area (TPSA) is 54.0 Å². The molecule has 4 nitrogen and oxygen atoms in total. The predicted octanol–water partition coefficient (Wildman–Crippen LogP) is 2.99. The van der Waals surface area contributed by atoms with E-state index in [0.717, 1.165) is 22.6 Å². The number of aryl methyl sites for hydroxylation is 2. The highest BCUT2D eigenvalue weighted by molar-refractivity contribution is 6.04. The first-order valence-electron chi connectivity index (χ1n) is 6.12. The number of nitrogens with one attached hydrogen (secondary N) is 2. The van der Waals surface area contributed by atoms with Crippen molar-refractivity contribution in [3.05, 3.63) is 53.2 Å². The van der Waals surface area contributed by atoms with Gasteiger partial charge in [-0.2, -0.15) is 0 Å². The summed E-state index contributed by atoms with van der Waals surface area (Å²) in [6.45, 7) is 4.01. The van der Waals surface area contributed by atoms with Crippen molar-refractivity contribution in [2.24, 2.45) is 0 Å². The van der Waals surface area contributed by atoms with Crippen LogP contribution in [0, 0.1) is 13.8 Å². The van der Waals surface area contributed by atoms with Crippen LogP contribution in [-0.2, 0) is 0 Å². The van der Waals surface area contributed by atoms with Gasteiger partial charge in [-0.1, -0.05) is 6.07 Å². The van der Waals surface area contributed by atoms with Crippen molar-refractivity contribution in [3.8, 4) is 0 Å². The monoisotopic (exact) mass is 255 g/mol. The summed E-state index contributed by atoms with van der Waals surface area (Å²) in [5, 5.41) is 5.79. The summed E-state index contributed by atoms with van der Waals surface area (Å²) < 4.78 is 0. The van der Waals surface area contributed by atoms with Gasteiger partial charge in [-0.15, -0.1) is 0 Å². The van der Waals surface area contributed by atoms with Crippen molar-refractivity contribution in [1.82, 2.24) is 4.98 Å². The van der Waals surface area contributed by atoms with Crippen molar-refractivity contribution in [2.45, 2.75) is 13.8 Å². The minimum Gasteiger partial charge on any atom is -0.373 e. The zero-order valence-electron chi connectivity index (χ0n) is 11.3. The summed E-state index contributed by atoms with van der Waals surface area (Å²) in [6, 6.07) is 9.48. The number of hydrogen-bond donors (Lipinski definition) is 2. The van der Waals surface area contributed by atoms with Crippen molar-refractivity contribution in [1.29, 1.82) is 0 Å². The summed E-state index contributed by atoms with van der Waals surface area (Å²) in [5.41, 5.74) is 3.59. The lowest BCUT2D eigenvalue weighted by molar-refractivity contribution is 0.102. The van der Waals surface area contributed by atoms with E-state index in [0.29, 0.717) is 5.56 Å². The second-order valence-corrected chi connectivity index (χ2v) is 4.51. The summed E-state index contributed by atoms with van der Waals surface area (Å²) in [4.78, 5) is 16.2. The molecule has 1 heterocycles. The lowest BCUT2D eigenvalue weighted by atomic mass is 10.1. The van der Waals surface area contributed by atoms with E-state index in [2.05, 4.69) is 21.7 Å². The maximum atomic E-state index is 12.1. The molecule has 0 saturated carbocycles. The number of amides is 1. The molecule has 19 heavy (non-hydrogen) atoms. The van der Waals surface area contributed by atoms with Crippen LogP contribution in [0.15, 0.2) is 36.5 Å². The third-order valence-corrected chi connectivity index (χ3v) is 2.76. The third-order valence-electron chi connectivity index (χ3n) is 2.76. The lowest BCUT2D eigenvalue weighted by Crippen LogP contribution is -2.12. The molecule has 1 aromatic carbocycles. The molecule has 1 amide bonds. The second kappa shape index (κ2) is 5.52. The lowest BCUT2D eigenvalue weighted by Gasteiger charge is -2.08. The zero-order chi connectivity index (χ0) is 13.8. The molecule has 0 unspecified atom stereocenters. The van der Waals surface area contributed by atoms with Gasteiger partial charge in [0.2, 0.25) is 0 Å². The minimum atomic E-state index is -0.153. The quantitative estimate of drug-likeness (QED) is 0.886. The molecule has 0 saturated heterocycles. The third kappa shape index (κ3) is 3.31. The average molecular weight is 255 g/mol. The number of hydrogen-bond acceptors (Lipinski definition) is 3. The molecule has 0 aliphatic rings. The van der Waals surface area contributed by atoms with E-state index in [-0.39, 0.29) is 5.91 Å². The van der Waals surface area contributed by atoms with Gasteiger partial charge in [-0.25, -0.2) is 4.98 Å². The van der Waals surface area contributed by atoms with Crippen LogP contribution < -0.4 is 10.6 Å². The highest BCUT2D eigenvalue weighted by Gasteiger charge is 2.07. The average Bonchev–Trinajstić information content (AvgIpc) is 2.37. The van der Waals surface area contributed by atoms with Gasteiger partial charge in [0.1, 0.15) is 5.82 Å². The van der Waals surface area contributed by atoms with E-state index >= 15 is 0 Å². The number of pyridine rings is 1. The second-order valence-electron chi connectivity index (χ2n) is 4.51. The predicted molar refractivity (Wildman–Crippen MR) is 77.7 cm³/mol. The number of carbonyl (C=O) groups excluding carboxylic acids is 1.